The Morgan fingerprint density at radius 3 is 2.71 bits per heavy atom. The molecule has 1 fully saturated rings. The summed E-state index contributed by atoms with van der Waals surface area (Å²) < 4.78 is 28.9. The summed E-state index contributed by atoms with van der Waals surface area (Å²) in [6, 6.07) is 2.79. The lowest BCUT2D eigenvalue weighted by Gasteiger charge is -2.28. The average molecular weight is 421 g/mol. The standard InChI is InChI=1S/C15H21BrN2O5S/c1-2-3-7-18(11-6-8-24(21,22)10-11)14(19)9-17-15(20)12-4-5-13(16)23-12/h4-5,11H,2-3,6-10H2,1H3,(H,17,20). The van der Waals surface area contributed by atoms with Gasteiger partial charge >= 0.3 is 0 Å². The van der Waals surface area contributed by atoms with Crippen LogP contribution >= 0.6 is 15.9 Å². The van der Waals surface area contributed by atoms with Crippen molar-refractivity contribution in [1.82, 2.24) is 10.2 Å². The van der Waals surface area contributed by atoms with Crippen LogP contribution in [-0.2, 0) is 14.6 Å². The van der Waals surface area contributed by atoms with Gasteiger partial charge in [0.15, 0.2) is 20.3 Å². The number of carbonyl (C=O) groups is 2. The van der Waals surface area contributed by atoms with Gasteiger partial charge in [0.2, 0.25) is 5.91 Å². The number of nitrogens with zero attached hydrogens (tertiary/aromatic N) is 1. The van der Waals surface area contributed by atoms with E-state index in [4.69, 9.17) is 4.42 Å². The van der Waals surface area contributed by atoms with Crippen LogP contribution in [0.15, 0.2) is 21.2 Å². The number of halogens is 1. The topological polar surface area (TPSA) is 96.7 Å². The smallest absolute Gasteiger partial charge is 0.287 e. The van der Waals surface area contributed by atoms with Crippen molar-refractivity contribution in [3.8, 4) is 0 Å². The molecule has 1 aromatic rings. The highest BCUT2D eigenvalue weighted by atomic mass is 79.9. The Bertz CT molecular complexity index is 700. The van der Waals surface area contributed by atoms with Crippen LogP contribution in [0.4, 0.5) is 0 Å². The minimum atomic E-state index is -3.07. The van der Waals surface area contributed by atoms with Crippen molar-refractivity contribution in [3.05, 3.63) is 22.6 Å². The first-order chi connectivity index (χ1) is 11.3. The van der Waals surface area contributed by atoms with E-state index in [1.165, 1.54) is 6.07 Å². The van der Waals surface area contributed by atoms with Crippen molar-refractivity contribution in [2.45, 2.75) is 32.2 Å². The zero-order chi connectivity index (χ0) is 17.7. The Morgan fingerprint density at radius 1 is 1.42 bits per heavy atom. The maximum absolute atomic E-state index is 12.5. The lowest BCUT2D eigenvalue weighted by Crippen LogP contribution is -2.46. The van der Waals surface area contributed by atoms with Crippen LogP contribution in [0, 0.1) is 0 Å². The van der Waals surface area contributed by atoms with Gasteiger partial charge in [0.1, 0.15) is 0 Å². The summed E-state index contributed by atoms with van der Waals surface area (Å²) in [5, 5.41) is 2.52. The second-order valence-electron chi connectivity index (χ2n) is 5.78. The third-order valence-corrected chi connectivity index (χ3v) is 6.10. The Morgan fingerprint density at radius 2 is 2.17 bits per heavy atom. The summed E-state index contributed by atoms with van der Waals surface area (Å²) in [6.45, 7) is 2.32. The second-order valence-corrected chi connectivity index (χ2v) is 8.79. The van der Waals surface area contributed by atoms with Gasteiger partial charge in [-0.15, -0.1) is 0 Å². The van der Waals surface area contributed by atoms with Gasteiger partial charge in [0, 0.05) is 12.6 Å². The summed E-state index contributed by atoms with van der Waals surface area (Å²) >= 11 is 3.11. The second kappa shape index (κ2) is 8.15. The highest BCUT2D eigenvalue weighted by molar-refractivity contribution is 9.10. The van der Waals surface area contributed by atoms with Crippen molar-refractivity contribution in [1.29, 1.82) is 0 Å². The van der Waals surface area contributed by atoms with Crippen molar-refractivity contribution >= 4 is 37.6 Å². The van der Waals surface area contributed by atoms with Gasteiger partial charge in [-0.05, 0) is 40.9 Å². The van der Waals surface area contributed by atoms with Gasteiger partial charge in [0.05, 0.1) is 18.1 Å². The predicted octanol–water partition coefficient (Wildman–Crippen LogP) is 1.59. The summed E-state index contributed by atoms with van der Waals surface area (Å²) in [5.74, 6) is -0.534. The van der Waals surface area contributed by atoms with Gasteiger partial charge < -0.3 is 14.6 Å². The normalized spacial score (nSPS) is 19.2. The molecule has 2 heterocycles. The quantitative estimate of drug-likeness (QED) is 0.721. The first kappa shape index (κ1) is 19.0. The Kier molecular flexibility index (Phi) is 6.45. The number of unbranched alkanes of at least 4 members (excludes halogenated alkanes) is 1. The van der Waals surface area contributed by atoms with Gasteiger partial charge in [-0.3, -0.25) is 9.59 Å². The number of furan rings is 1. The molecule has 1 aliphatic heterocycles. The fourth-order valence-corrected chi connectivity index (χ4v) is 4.68. The van der Waals surface area contributed by atoms with E-state index < -0.39 is 15.7 Å². The summed E-state index contributed by atoms with van der Waals surface area (Å²) in [7, 11) is -3.07. The van der Waals surface area contributed by atoms with Crippen molar-refractivity contribution < 1.29 is 22.4 Å². The molecule has 0 spiro atoms. The molecule has 9 heteroatoms. The molecule has 134 valence electrons. The molecule has 24 heavy (non-hydrogen) atoms. The van der Waals surface area contributed by atoms with E-state index in [2.05, 4.69) is 21.2 Å². The third kappa shape index (κ3) is 5.07. The summed E-state index contributed by atoms with van der Waals surface area (Å²) in [5.41, 5.74) is 0. The molecule has 0 aromatic carbocycles. The van der Waals surface area contributed by atoms with E-state index in [1.54, 1.807) is 11.0 Å². The van der Waals surface area contributed by atoms with Crippen LogP contribution in [0.3, 0.4) is 0 Å². The van der Waals surface area contributed by atoms with Crippen LogP contribution < -0.4 is 5.32 Å². The number of amides is 2. The minimum Gasteiger partial charge on any atom is -0.444 e. The van der Waals surface area contributed by atoms with Crippen LogP contribution in [0.2, 0.25) is 0 Å². The fourth-order valence-electron chi connectivity index (χ4n) is 2.64. The highest BCUT2D eigenvalue weighted by Crippen LogP contribution is 2.19. The van der Waals surface area contributed by atoms with Crippen LogP contribution in [-0.4, -0.2) is 55.8 Å². The van der Waals surface area contributed by atoms with E-state index in [9.17, 15) is 18.0 Å². The molecule has 0 aliphatic carbocycles. The first-order valence-electron chi connectivity index (χ1n) is 7.86. The largest absolute Gasteiger partial charge is 0.444 e. The molecule has 1 N–H and O–H groups in total. The number of rotatable bonds is 7. The number of carbonyl (C=O) groups excluding carboxylic acids is 2. The number of sulfone groups is 1. The molecular formula is C15H21BrN2O5S. The van der Waals surface area contributed by atoms with Crippen molar-refractivity contribution in [3.63, 3.8) is 0 Å². The lowest BCUT2D eigenvalue weighted by atomic mass is 10.2. The van der Waals surface area contributed by atoms with Gasteiger partial charge in [-0.25, -0.2) is 8.42 Å². The Balaban J connectivity index is 1.96. The van der Waals surface area contributed by atoms with E-state index in [0.29, 0.717) is 17.6 Å². The number of hydrogen-bond acceptors (Lipinski definition) is 5. The first-order valence-corrected chi connectivity index (χ1v) is 10.5. The van der Waals surface area contributed by atoms with E-state index in [-0.39, 0.29) is 35.8 Å². The molecule has 0 radical (unpaired) electrons. The van der Waals surface area contributed by atoms with Gasteiger partial charge in [0.25, 0.3) is 5.91 Å². The Labute approximate surface area is 149 Å². The fraction of sp³-hybridized carbons (Fsp3) is 0.600. The van der Waals surface area contributed by atoms with Crippen LogP contribution in [0.5, 0.6) is 0 Å². The molecule has 1 atom stereocenters. The molecular weight excluding hydrogens is 400 g/mol. The Hall–Kier alpha value is -1.35. The molecule has 1 aliphatic rings. The molecule has 2 rings (SSSR count). The molecule has 2 amide bonds. The van der Waals surface area contributed by atoms with Gasteiger partial charge in [-0.1, -0.05) is 13.3 Å². The van der Waals surface area contributed by atoms with E-state index in [1.807, 2.05) is 6.92 Å². The van der Waals surface area contributed by atoms with Gasteiger partial charge in [-0.2, -0.15) is 0 Å². The molecule has 0 saturated carbocycles. The summed E-state index contributed by atoms with van der Waals surface area (Å²) in [6.07, 6.45) is 2.15. The molecule has 0 bridgehead atoms. The van der Waals surface area contributed by atoms with Crippen LogP contribution in [0.1, 0.15) is 36.7 Å². The lowest BCUT2D eigenvalue weighted by molar-refractivity contribution is -0.132. The molecule has 7 nitrogen and oxygen atoms in total. The third-order valence-electron chi connectivity index (χ3n) is 3.92. The van der Waals surface area contributed by atoms with E-state index >= 15 is 0 Å². The van der Waals surface area contributed by atoms with Crippen molar-refractivity contribution in [2.75, 3.05) is 24.6 Å². The molecule has 1 unspecified atom stereocenters. The monoisotopic (exact) mass is 420 g/mol. The number of nitrogens with one attached hydrogen (secondary N) is 1. The summed E-state index contributed by atoms with van der Waals surface area (Å²) in [4.78, 5) is 26.0. The maximum Gasteiger partial charge on any atom is 0.287 e. The predicted molar refractivity (Wildman–Crippen MR) is 92.4 cm³/mol. The number of hydrogen-bond donors (Lipinski definition) is 1. The zero-order valence-electron chi connectivity index (χ0n) is 13.5. The maximum atomic E-state index is 12.5. The minimum absolute atomic E-state index is 0.00152. The SMILES string of the molecule is CCCCN(C(=O)CNC(=O)c1ccc(Br)o1)C1CCS(=O)(=O)C1. The average Bonchev–Trinajstić information content (AvgIpc) is 3.11. The van der Waals surface area contributed by atoms with E-state index in [0.717, 1.165) is 12.8 Å². The van der Waals surface area contributed by atoms with Crippen LogP contribution in [0.25, 0.3) is 0 Å². The van der Waals surface area contributed by atoms with Crippen molar-refractivity contribution in [2.24, 2.45) is 0 Å². The highest BCUT2D eigenvalue weighted by Gasteiger charge is 2.34. The molecule has 1 aromatic heterocycles. The zero-order valence-corrected chi connectivity index (χ0v) is 15.9. The molecule has 1 saturated heterocycles.